The second-order valence-electron chi connectivity index (χ2n) is 7.60. The molecule has 0 saturated carbocycles. The third-order valence-electron chi connectivity index (χ3n) is 5.01. The van der Waals surface area contributed by atoms with Gasteiger partial charge in [0.1, 0.15) is 4.32 Å². The zero-order valence-corrected chi connectivity index (χ0v) is 21.5. The molecule has 1 saturated heterocycles. The zero-order chi connectivity index (χ0) is 25.3. The largest absolute Gasteiger partial charge is 0.748 e. The van der Waals surface area contributed by atoms with Gasteiger partial charge in [-0.15, -0.1) is 0 Å². The maximum atomic E-state index is 12.5. The van der Waals surface area contributed by atoms with Crippen LogP contribution in [0, 0.1) is 0 Å². The number of carbonyl (C=O) groups is 2. The molecule has 0 unspecified atom stereocenters. The summed E-state index contributed by atoms with van der Waals surface area (Å²) in [5, 5.41) is 11.6. The van der Waals surface area contributed by atoms with Crippen LogP contribution in [-0.2, 0) is 19.7 Å². The summed E-state index contributed by atoms with van der Waals surface area (Å²) < 4.78 is 44.3. The number of amides is 1. The number of carboxylic acid groups (broad SMARTS) is 1. The summed E-state index contributed by atoms with van der Waals surface area (Å²) in [6, 6.07) is 3.66. The predicted molar refractivity (Wildman–Crippen MR) is 132 cm³/mol. The number of carbonyl (C=O) groups excluding carboxylic acids is 2. The summed E-state index contributed by atoms with van der Waals surface area (Å²) in [5.41, 5.74) is 1.52. The van der Waals surface area contributed by atoms with Crippen LogP contribution in [-0.4, -0.2) is 59.7 Å². The van der Waals surface area contributed by atoms with Gasteiger partial charge in [0.15, 0.2) is 11.5 Å². The quantitative estimate of drug-likeness (QED) is 0.262. The van der Waals surface area contributed by atoms with Crippen molar-refractivity contribution in [2.24, 2.45) is 0 Å². The van der Waals surface area contributed by atoms with E-state index in [1.807, 2.05) is 23.1 Å². The Morgan fingerprint density at radius 1 is 1.23 bits per heavy atom. The van der Waals surface area contributed by atoms with Gasteiger partial charge in [-0.2, -0.15) is 0 Å². The van der Waals surface area contributed by atoms with E-state index in [2.05, 4.69) is 0 Å². The van der Waals surface area contributed by atoms with Crippen molar-refractivity contribution in [1.29, 1.82) is 0 Å². The summed E-state index contributed by atoms with van der Waals surface area (Å²) in [7, 11) is -4.34. The fourth-order valence-corrected chi connectivity index (χ4v) is 6.36. The fraction of sp³-hybridized carbons (Fsp3) is 0.286. The number of rotatable bonds is 8. The zero-order valence-electron chi connectivity index (χ0n) is 18.2. The maximum absolute atomic E-state index is 12.5. The molecule has 3 aliphatic heterocycles. The number of carboxylic acids is 1. The van der Waals surface area contributed by atoms with Crippen LogP contribution >= 0.6 is 35.7 Å². The third kappa shape index (κ3) is 6.01. The summed E-state index contributed by atoms with van der Waals surface area (Å²) >= 11 is 7.54. The molecule has 1 amide bonds. The highest BCUT2D eigenvalue weighted by molar-refractivity contribution is 8.26. The molecule has 10 nitrogen and oxygen atoms in total. The van der Waals surface area contributed by atoms with E-state index in [1.54, 1.807) is 19.1 Å². The molecule has 14 heteroatoms. The van der Waals surface area contributed by atoms with Gasteiger partial charge in [0, 0.05) is 29.3 Å². The highest BCUT2D eigenvalue weighted by Gasteiger charge is 2.32. The average Bonchev–Trinajstić information content (AvgIpc) is 3.42. The van der Waals surface area contributed by atoms with Crippen LogP contribution in [0.4, 0.5) is 5.69 Å². The van der Waals surface area contributed by atoms with Crippen molar-refractivity contribution in [3.05, 3.63) is 45.9 Å². The van der Waals surface area contributed by atoms with Crippen molar-refractivity contribution in [3.63, 3.8) is 0 Å². The summed E-state index contributed by atoms with van der Waals surface area (Å²) in [6.45, 7) is 1.59. The molecule has 186 valence electrons. The monoisotopic (exact) mass is 554 g/mol. The summed E-state index contributed by atoms with van der Waals surface area (Å²) in [6.07, 6.45) is 5.35. The van der Waals surface area contributed by atoms with Gasteiger partial charge in [0.25, 0.3) is 5.91 Å². The van der Waals surface area contributed by atoms with Crippen LogP contribution < -0.4 is 19.5 Å². The van der Waals surface area contributed by atoms with Gasteiger partial charge in [-0.05, 0) is 31.1 Å². The van der Waals surface area contributed by atoms with Gasteiger partial charge >= 0.3 is 0 Å². The van der Waals surface area contributed by atoms with E-state index < -0.39 is 34.3 Å². The first-order chi connectivity index (χ1) is 16.5. The smallest absolute Gasteiger partial charge is 0.266 e. The number of ether oxygens (including phenoxy) is 2. The Balaban J connectivity index is 1.56. The molecular weight excluding hydrogens is 537 g/mol. The SMILES string of the molecule is CC(=CC=C1Sc2cc3c(cc2N1CCCS(=O)(=O)[O-])OCO3)/C=C1/SC(=S)N(CC(=O)[O-])C1=O. The Bertz CT molecular complexity index is 1300. The van der Waals surface area contributed by atoms with Crippen molar-refractivity contribution in [3.8, 4) is 11.5 Å². The number of thiocarbonyl (C=S) groups is 1. The Kier molecular flexibility index (Phi) is 7.47. The van der Waals surface area contributed by atoms with Gasteiger partial charge in [0.2, 0.25) is 6.79 Å². The van der Waals surface area contributed by atoms with E-state index in [-0.39, 0.29) is 17.5 Å². The van der Waals surface area contributed by atoms with Crippen molar-refractivity contribution >= 4 is 67.7 Å². The van der Waals surface area contributed by atoms with Crippen LogP contribution in [0.25, 0.3) is 0 Å². The number of anilines is 1. The van der Waals surface area contributed by atoms with Crippen molar-refractivity contribution < 1.29 is 37.1 Å². The van der Waals surface area contributed by atoms with E-state index >= 15 is 0 Å². The first-order valence-electron chi connectivity index (χ1n) is 10.2. The normalized spacial score (nSPS) is 19.9. The molecule has 35 heavy (non-hydrogen) atoms. The number of fused-ring (bicyclic) bond motifs is 2. The molecule has 1 fully saturated rings. The van der Waals surface area contributed by atoms with Crippen LogP contribution in [0.1, 0.15) is 13.3 Å². The second-order valence-corrected chi connectivity index (χ2v) is 11.9. The molecule has 4 rings (SSSR count). The Morgan fingerprint density at radius 3 is 2.63 bits per heavy atom. The minimum absolute atomic E-state index is 0.122. The lowest BCUT2D eigenvalue weighted by Gasteiger charge is -2.21. The van der Waals surface area contributed by atoms with Crippen molar-refractivity contribution in [2.45, 2.75) is 18.2 Å². The van der Waals surface area contributed by atoms with E-state index in [1.165, 1.54) is 11.8 Å². The number of nitrogens with zero attached hydrogens (tertiary/aromatic N) is 2. The number of benzene rings is 1. The topological polar surface area (TPSA) is 139 Å². The number of hydrogen-bond donors (Lipinski definition) is 0. The van der Waals surface area contributed by atoms with Gasteiger partial charge in [-0.1, -0.05) is 41.8 Å². The lowest BCUT2D eigenvalue weighted by Crippen LogP contribution is -2.40. The van der Waals surface area contributed by atoms with E-state index in [0.717, 1.165) is 32.3 Å². The predicted octanol–water partition coefficient (Wildman–Crippen LogP) is 1.54. The molecule has 3 heterocycles. The van der Waals surface area contributed by atoms with E-state index in [0.29, 0.717) is 28.5 Å². The molecule has 0 bridgehead atoms. The number of allylic oxidation sites excluding steroid dienone is 4. The first-order valence-corrected chi connectivity index (χ1v) is 13.8. The summed E-state index contributed by atoms with van der Waals surface area (Å²) in [5.74, 6) is -1.18. The molecule has 0 N–H and O–H groups in total. The van der Waals surface area contributed by atoms with Crippen LogP contribution in [0.2, 0.25) is 0 Å². The van der Waals surface area contributed by atoms with Gasteiger partial charge in [0.05, 0.1) is 38.3 Å². The maximum Gasteiger partial charge on any atom is 0.266 e. The Hall–Kier alpha value is -2.52. The molecule has 0 radical (unpaired) electrons. The molecule has 1 aromatic rings. The number of thioether (sulfide) groups is 2. The minimum atomic E-state index is -4.34. The molecule has 3 aliphatic rings. The standard InChI is InChI=1S/C21H20N2O8S4/c1-12(7-17-20(26)23(10-19(24)25)21(32)34-17)3-4-18-22(5-2-6-35(27,28)29)13-8-14-15(31-11-30-14)9-16(13)33-18/h3-4,7-9H,2,5-6,10-11H2,1H3,(H,24,25)(H,27,28,29)/p-2/b12-3?,17-7+,18-4?. The highest BCUT2D eigenvalue weighted by Crippen LogP contribution is 2.51. The third-order valence-corrected chi connectivity index (χ3v) is 8.29. The minimum Gasteiger partial charge on any atom is -0.748 e. The number of hydrogen-bond acceptors (Lipinski definition) is 12. The van der Waals surface area contributed by atoms with Gasteiger partial charge in [-0.25, -0.2) is 8.42 Å². The Labute approximate surface area is 215 Å². The van der Waals surface area contributed by atoms with E-state index in [9.17, 15) is 27.7 Å². The Morgan fingerprint density at radius 2 is 1.94 bits per heavy atom. The lowest BCUT2D eigenvalue weighted by atomic mass is 10.2. The van der Waals surface area contributed by atoms with E-state index in [4.69, 9.17) is 21.7 Å². The lowest BCUT2D eigenvalue weighted by molar-refractivity contribution is -0.305. The second kappa shape index (κ2) is 10.2. The molecular formula is C21H18N2O8S4-2. The summed E-state index contributed by atoms with van der Waals surface area (Å²) in [4.78, 5) is 27.4. The van der Waals surface area contributed by atoms with Crippen LogP contribution in [0.15, 0.2) is 50.8 Å². The van der Waals surface area contributed by atoms with Gasteiger partial charge < -0.3 is 28.8 Å². The molecule has 0 aliphatic carbocycles. The molecule has 1 aromatic carbocycles. The van der Waals surface area contributed by atoms with Crippen LogP contribution in [0.5, 0.6) is 11.5 Å². The fourth-order valence-electron chi connectivity index (χ4n) is 3.47. The van der Waals surface area contributed by atoms with Crippen molar-refractivity contribution in [2.75, 3.05) is 30.5 Å². The van der Waals surface area contributed by atoms with Crippen molar-refractivity contribution in [1.82, 2.24) is 4.90 Å². The average molecular weight is 555 g/mol. The van der Waals surface area contributed by atoms with Gasteiger partial charge in [-0.3, -0.25) is 9.69 Å². The molecule has 0 spiro atoms. The van der Waals surface area contributed by atoms with Crippen LogP contribution in [0.3, 0.4) is 0 Å². The molecule has 0 aromatic heterocycles. The number of aliphatic carboxylic acids is 1. The highest BCUT2D eigenvalue weighted by atomic mass is 32.2. The first kappa shape index (κ1) is 25.6. The molecule has 0 atom stereocenters.